The molecular formula is C17H14ClF2NO3. The van der Waals surface area contributed by atoms with Crippen molar-refractivity contribution >= 4 is 23.5 Å². The monoisotopic (exact) mass is 353 g/mol. The van der Waals surface area contributed by atoms with E-state index in [1.807, 2.05) is 0 Å². The molecule has 0 saturated carbocycles. The first-order chi connectivity index (χ1) is 11.4. The van der Waals surface area contributed by atoms with E-state index >= 15 is 0 Å². The van der Waals surface area contributed by atoms with Crippen molar-refractivity contribution in [3.05, 3.63) is 70.2 Å². The van der Waals surface area contributed by atoms with Crippen LogP contribution < -0.4 is 5.32 Å². The molecule has 1 N–H and O–H groups in total. The number of halogens is 3. The third kappa shape index (κ3) is 4.29. The van der Waals surface area contributed by atoms with Crippen molar-refractivity contribution in [1.82, 2.24) is 5.32 Å². The fourth-order valence-corrected chi connectivity index (χ4v) is 2.31. The normalized spacial score (nSPS) is 11.7. The Morgan fingerprint density at radius 3 is 2.50 bits per heavy atom. The highest BCUT2D eigenvalue weighted by molar-refractivity contribution is 6.31. The topological polar surface area (TPSA) is 55.4 Å². The van der Waals surface area contributed by atoms with E-state index in [0.29, 0.717) is 10.6 Å². The number of hydrogen-bond acceptors (Lipinski definition) is 3. The van der Waals surface area contributed by atoms with Crippen LogP contribution in [0.2, 0.25) is 5.02 Å². The number of carbonyl (C=O) groups is 2. The van der Waals surface area contributed by atoms with Gasteiger partial charge in [0.15, 0.2) is 11.6 Å². The van der Waals surface area contributed by atoms with Crippen LogP contribution in [0, 0.1) is 11.6 Å². The lowest BCUT2D eigenvalue weighted by molar-refractivity contribution is -0.142. The molecule has 0 aliphatic carbocycles. The first-order valence-electron chi connectivity index (χ1n) is 6.99. The summed E-state index contributed by atoms with van der Waals surface area (Å²) in [5.41, 5.74) is 0.530. The third-order valence-electron chi connectivity index (χ3n) is 3.35. The van der Waals surface area contributed by atoms with Crippen LogP contribution in [-0.2, 0) is 16.0 Å². The van der Waals surface area contributed by atoms with Crippen LogP contribution in [0.1, 0.15) is 15.9 Å². The summed E-state index contributed by atoms with van der Waals surface area (Å²) in [5.74, 6) is -3.61. The lowest BCUT2D eigenvalue weighted by Crippen LogP contribution is -2.43. The molecule has 0 aliphatic rings. The fourth-order valence-electron chi connectivity index (χ4n) is 2.10. The zero-order valence-corrected chi connectivity index (χ0v) is 13.4. The van der Waals surface area contributed by atoms with E-state index in [0.717, 1.165) is 18.2 Å². The van der Waals surface area contributed by atoms with Gasteiger partial charge in [-0.05, 0) is 29.8 Å². The number of hydrogen-bond donors (Lipinski definition) is 1. The number of methoxy groups -OCH3 is 1. The maximum Gasteiger partial charge on any atom is 0.328 e. The summed E-state index contributed by atoms with van der Waals surface area (Å²) in [5, 5.41) is 2.88. The number of nitrogens with one attached hydrogen (secondary N) is 1. The maximum absolute atomic E-state index is 13.2. The molecule has 24 heavy (non-hydrogen) atoms. The van der Waals surface area contributed by atoms with Crippen LogP contribution in [0.5, 0.6) is 0 Å². The van der Waals surface area contributed by atoms with E-state index in [4.69, 9.17) is 11.6 Å². The molecule has 0 spiro atoms. The highest BCUT2D eigenvalue weighted by atomic mass is 35.5. The van der Waals surface area contributed by atoms with Gasteiger partial charge in [-0.3, -0.25) is 4.79 Å². The molecule has 2 rings (SSSR count). The van der Waals surface area contributed by atoms with Crippen LogP contribution >= 0.6 is 11.6 Å². The second-order valence-electron chi connectivity index (χ2n) is 4.97. The smallest absolute Gasteiger partial charge is 0.328 e. The quantitative estimate of drug-likeness (QED) is 0.840. The predicted molar refractivity (Wildman–Crippen MR) is 84.8 cm³/mol. The highest BCUT2D eigenvalue weighted by Gasteiger charge is 2.24. The molecule has 126 valence electrons. The summed E-state index contributed by atoms with van der Waals surface area (Å²) in [7, 11) is 1.19. The van der Waals surface area contributed by atoms with Gasteiger partial charge in [-0.15, -0.1) is 0 Å². The Bertz CT molecular complexity index is 767. The number of benzene rings is 2. The van der Waals surface area contributed by atoms with E-state index in [1.165, 1.54) is 7.11 Å². The van der Waals surface area contributed by atoms with E-state index in [1.54, 1.807) is 24.3 Å². The summed E-state index contributed by atoms with van der Waals surface area (Å²) in [6.45, 7) is 0. The minimum Gasteiger partial charge on any atom is -0.467 e. The number of carbonyl (C=O) groups excluding carboxylic acids is 2. The average Bonchev–Trinajstić information content (AvgIpc) is 2.57. The molecule has 0 aliphatic heterocycles. The Hall–Kier alpha value is -2.47. The van der Waals surface area contributed by atoms with Crippen molar-refractivity contribution < 1.29 is 23.1 Å². The Labute approximate surface area is 142 Å². The molecule has 4 nitrogen and oxygen atoms in total. The lowest BCUT2D eigenvalue weighted by Gasteiger charge is -2.17. The van der Waals surface area contributed by atoms with Gasteiger partial charge in [-0.2, -0.15) is 0 Å². The predicted octanol–water partition coefficient (Wildman–Crippen LogP) is 3.13. The molecule has 7 heteroatoms. The number of amides is 1. The van der Waals surface area contributed by atoms with Crippen molar-refractivity contribution in [2.24, 2.45) is 0 Å². The molecule has 0 unspecified atom stereocenters. The molecule has 1 atom stereocenters. The first kappa shape index (κ1) is 17.9. The molecule has 2 aromatic rings. The van der Waals surface area contributed by atoms with Gasteiger partial charge in [0.25, 0.3) is 5.91 Å². The number of rotatable bonds is 5. The van der Waals surface area contributed by atoms with Gasteiger partial charge in [0.2, 0.25) is 0 Å². The largest absolute Gasteiger partial charge is 0.467 e. The molecule has 1 amide bonds. The van der Waals surface area contributed by atoms with Gasteiger partial charge >= 0.3 is 5.97 Å². The molecule has 0 radical (unpaired) electrons. The summed E-state index contributed by atoms with van der Waals surface area (Å²) in [6.07, 6.45) is 0.0990. The van der Waals surface area contributed by atoms with Crippen molar-refractivity contribution in [3.8, 4) is 0 Å². The highest BCUT2D eigenvalue weighted by Crippen LogP contribution is 2.17. The second kappa shape index (κ2) is 7.88. The fraction of sp³-hybridized carbons (Fsp3) is 0.176. The molecule has 0 saturated heterocycles. The van der Waals surface area contributed by atoms with Crippen LogP contribution in [0.3, 0.4) is 0 Å². The second-order valence-corrected chi connectivity index (χ2v) is 5.38. The van der Waals surface area contributed by atoms with Gasteiger partial charge in [0, 0.05) is 17.0 Å². The van der Waals surface area contributed by atoms with Gasteiger partial charge in [-0.1, -0.05) is 29.8 Å². The Morgan fingerprint density at radius 2 is 1.88 bits per heavy atom. The van der Waals surface area contributed by atoms with Crippen LogP contribution in [0.25, 0.3) is 0 Å². The summed E-state index contributed by atoms with van der Waals surface area (Å²) >= 11 is 6.05. The Morgan fingerprint density at radius 1 is 1.17 bits per heavy atom. The first-order valence-corrected chi connectivity index (χ1v) is 7.37. The molecule has 0 heterocycles. The Balaban J connectivity index is 2.19. The van der Waals surface area contributed by atoms with E-state index < -0.39 is 29.6 Å². The molecule has 0 bridgehead atoms. The zero-order valence-electron chi connectivity index (χ0n) is 12.7. The average molecular weight is 354 g/mol. The minimum absolute atomic E-state index is 0.0990. The van der Waals surface area contributed by atoms with Crippen molar-refractivity contribution in [3.63, 3.8) is 0 Å². The summed E-state index contributed by atoms with van der Waals surface area (Å²) in [6, 6.07) is 8.54. The SMILES string of the molecule is COC(=O)[C@@H](Cc1ccccc1Cl)NC(=O)c1ccc(F)c(F)c1. The van der Waals surface area contributed by atoms with Crippen molar-refractivity contribution in [2.75, 3.05) is 7.11 Å². The molecule has 2 aromatic carbocycles. The van der Waals surface area contributed by atoms with Crippen molar-refractivity contribution in [1.29, 1.82) is 0 Å². The minimum atomic E-state index is -1.15. The maximum atomic E-state index is 13.2. The molecule has 0 aromatic heterocycles. The number of ether oxygens (including phenoxy) is 1. The summed E-state index contributed by atoms with van der Waals surface area (Å²) < 4.78 is 30.9. The van der Waals surface area contributed by atoms with Gasteiger partial charge in [0.1, 0.15) is 6.04 Å². The van der Waals surface area contributed by atoms with Crippen molar-refractivity contribution in [2.45, 2.75) is 12.5 Å². The van der Waals surface area contributed by atoms with E-state index in [-0.39, 0.29) is 12.0 Å². The summed E-state index contributed by atoms with van der Waals surface area (Å²) in [4.78, 5) is 24.1. The van der Waals surface area contributed by atoms with E-state index in [2.05, 4.69) is 10.1 Å². The number of esters is 1. The van der Waals surface area contributed by atoms with Crippen LogP contribution in [0.15, 0.2) is 42.5 Å². The van der Waals surface area contributed by atoms with Gasteiger partial charge in [-0.25, -0.2) is 13.6 Å². The third-order valence-corrected chi connectivity index (χ3v) is 3.72. The van der Waals surface area contributed by atoms with Crippen LogP contribution in [-0.4, -0.2) is 25.0 Å². The van der Waals surface area contributed by atoms with Gasteiger partial charge < -0.3 is 10.1 Å². The molecular weight excluding hydrogens is 340 g/mol. The van der Waals surface area contributed by atoms with Crippen LogP contribution in [0.4, 0.5) is 8.78 Å². The zero-order chi connectivity index (χ0) is 17.7. The molecule has 0 fully saturated rings. The lowest BCUT2D eigenvalue weighted by atomic mass is 10.1. The van der Waals surface area contributed by atoms with Gasteiger partial charge in [0.05, 0.1) is 7.11 Å². The standard InChI is InChI=1S/C17H14ClF2NO3/c1-24-17(23)15(9-10-4-2-3-5-12(10)18)21-16(22)11-6-7-13(19)14(20)8-11/h2-8,15H,9H2,1H3,(H,21,22)/t15-/m1/s1. The Kier molecular flexibility index (Phi) is 5.87. The van der Waals surface area contributed by atoms with E-state index in [9.17, 15) is 18.4 Å².